The van der Waals surface area contributed by atoms with Gasteiger partial charge in [-0.3, -0.25) is 14.4 Å². The molecule has 0 saturated heterocycles. The summed E-state index contributed by atoms with van der Waals surface area (Å²) in [6.45, 7) is 5.56. The molecule has 4 N–H and O–H groups in total. The van der Waals surface area contributed by atoms with Gasteiger partial charge in [-0.1, -0.05) is 13.8 Å². The number of aliphatic carboxylic acids is 1. The lowest BCUT2D eigenvalue weighted by Crippen LogP contribution is -2.31. The van der Waals surface area contributed by atoms with E-state index in [0.717, 1.165) is 0 Å². The molecule has 6 heteroatoms. The number of unbranched alkanes of at least 4 members (excludes halogenated alkanes) is 1. The fourth-order valence-corrected chi connectivity index (χ4v) is 0.939. The lowest BCUT2D eigenvalue weighted by Gasteiger charge is -2.06. The Balaban J connectivity index is 0. The Morgan fingerprint density at radius 2 is 1.76 bits per heavy atom. The van der Waals surface area contributed by atoms with E-state index in [1.54, 1.807) is 0 Å². The Hall–Kier alpha value is -1.43. The molecule has 0 aliphatic heterocycles. The van der Waals surface area contributed by atoms with Crippen LogP contribution in [0.1, 0.15) is 40.0 Å². The second kappa shape index (κ2) is 11.1. The zero-order valence-corrected chi connectivity index (χ0v) is 10.7. The molecule has 1 unspecified atom stereocenters. The van der Waals surface area contributed by atoms with Crippen LogP contribution < -0.4 is 11.1 Å². The van der Waals surface area contributed by atoms with Gasteiger partial charge in [-0.25, -0.2) is 0 Å². The van der Waals surface area contributed by atoms with E-state index >= 15 is 0 Å². The average molecular weight is 246 g/mol. The van der Waals surface area contributed by atoms with Gasteiger partial charge in [0.2, 0.25) is 5.78 Å². The smallest absolute Gasteiger partial charge is 0.320 e. The van der Waals surface area contributed by atoms with E-state index < -0.39 is 23.7 Å². The van der Waals surface area contributed by atoms with Crippen molar-refractivity contribution >= 4 is 17.7 Å². The van der Waals surface area contributed by atoms with Crippen LogP contribution in [0.25, 0.3) is 0 Å². The molecule has 0 heterocycles. The molecule has 0 spiro atoms. The molecule has 0 aliphatic carbocycles. The number of carboxylic acid groups (broad SMARTS) is 1. The third-order valence-electron chi connectivity index (χ3n) is 1.86. The Bertz CT molecular complexity index is 254. The molecule has 1 amide bonds. The molecule has 0 aliphatic rings. The molecule has 6 nitrogen and oxygen atoms in total. The Morgan fingerprint density at radius 3 is 2.18 bits per heavy atom. The molecule has 0 rings (SSSR count). The second-order valence-electron chi connectivity index (χ2n) is 3.25. The highest BCUT2D eigenvalue weighted by Gasteiger charge is 2.10. The maximum atomic E-state index is 10.8. The van der Waals surface area contributed by atoms with E-state index in [1.807, 2.05) is 13.8 Å². The normalized spacial score (nSPS) is 10.8. The van der Waals surface area contributed by atoms with E-state index in [0.29, 0.717) is 25.8 Å². The quantitative estimate of drug-likeness (QED) is 0.442. The van der Waals surface area contributed by atoms with Crippen molar-refractivity contribution < 1.29 is 19.5 Å². The molecule has 0 aromatic carbocycles. The number of carbonyl (C=O) groups excluding carboxylic acids is 2. The summed E-state index contributed by atoms with van der Waals surface area (Å²) in [5, 5.41) is 10.9. The first kappa shape index (κ1) is 17.9. The Morgan fingerprint density at radius 1 is 1.24 bits per heavy atom. The molecule has 17 heavy (non-hydrogen) atoms. The topological polar surface area (TPSA) is 109 Å². The number of nitrogens with one attached hydrogen (secondary N) is 1. The summed E-state index contributed by atoms with van der Waals surface area (Å²) >= 11 is 0. The van der Waals surface area contributed by atoms with Crippen LogP contribution in [-0.4, -0.2) is 35.4 Å². The number of rotatable bonds is 7. The van der Waals surface area contributed by atoms with Crippen molar-refractivity contribution in [2.45, 2.75) is 46.1 Å². The van der Waals surface area contributed by atoms with Gasteiger partial charge < -0.3 is 16.2 Å². The fraction of sp³-hybridized carbons (Fsp3) is 0.727. The lowest BCUT2D eigenvalue weighted by molar-refractivity contribution is -0.138. The Kier molecular flexibility index (Phi) is 11.7. The number of hydrogen-bond donors (Lipinski definition) is 3. The maximum absolute atomic E-state index is 10.8. The molecule has 1 atom stereocenters. The summed E-state index contributed by atoms with van der Waals surface area (Å²) in [5.41, 5.74) is 5.27. The predicted molar refractivity (Wildman–Crippen MR) is 64.5 cm³/mol. The zero-order valence-electron chi connectivity index (χ0n) is 10.7. The third kappa shape index (κ3) is 10.8. The van der Waals surface area contributed by atoms with E-state index in [1.165, 1.54) is 6.92 Å². The summed E-state index contributed by atoms with van der Waals surface area (Å²) in [7, 11) is 0. The molecule has 0 aromatic rings. The number of hydrogen-bond acceptors (Lipinski definition) is 4. The van der Waals surface area contributed by atoms with E-state index in [4.69, 9.17) is 10.8 Å². The number of amides is 1. The number of carboxylic acids is 1. The summed E-state index contributed by atoms with van der Waals surface area (Å²) in [6.07, 6.45) is 1.58. The van der Waals surface area contributed by atoms with Gasteiger partial charge in [0.15, 0.2) is 0 Å². The number of Topliss-reactive ketones (excluding diaryl/α,β-unsaturated/α-hetero) is 1. The summed E-state index contributed by atoms with van der Waals surface area (Å²) < 4.78 is 0. The van der Waals surface area contributed by atoms with Crippen LogP contribution in [0.4, 0.5) is 0 Å². The average Bonchev–Trinajstić information content (AvgIpc) is 2.30. The van der Waals surface area contributed by atoms with Crippen LogP contribution in [0.5, 0.6) is 0 Å². The first-order valence-corrected chi connectivity index (χ1v) is 5.72. The molecule has 0 radical (unpaired) electrons. The highest BCUT2D eigenvalue weighted by atomic mass is 16.4. The molecular formula is C11H22N2O4. The standard InChI is InChI=1S/C9H16N2O4.C2H6/c1-6(12)8(13)11-5-3-2-4-7(10)9(14)15;1-2/h7H,2-5,10H2,1H3,(H,11,13)(H,14,15);1-2H3. The van der Waals surface area contributed by atoms with Gasteiger partial charge in [0.25, 0.3) is 5.91 Å². The van der Waals surface area contributed by atoms with Crippen molar-refractivity contribution in [3.63, 3.8) is 0 Å². The summed E-state index contributed by atoms with van der Waals surface area (Å²) in [4.78, 5) is 31.6. The molecular weight excluding hydrogens is 224 g/mol. The van der Waals surface area contributed by atoms with Gasteiger partial charge in [0.1, 0.15) is 6.04 Å². The minimum absolute atomic E-state index is 0.366. The van der Waals surface area contributed by atoms with E-state index in [9.17, 15) is 14.4 Å². The zero-order chi connectivity index (χ0) is 13.8. The predicted octanol–water partition coefficient (Wildman–Crippen LogP) is 0.300. The third-order valence-corrected chi connectivity index (χ3v) is 1.86. The van der Waals surface area contributed by atoms with Gasteiger partial charge in [-0.15, -0.1) is 0 Å². The molecule has 0 aromatic heterocycles. The van der Waals surface area contributed by atoms with Crippen LogP contribution in [-0.2, 0) is 14.4 Å². The van der Waals surface area contributed by atoms with Crippen molar-refractivity contribution in [1.29, 1.82) is 0 Å². The largest absolute Gasteiger partial charge is 0.480 e. The first-order chi connectivity index (χ1) is 7.95. The number of nitrogens with two attached hydrogens (primary N) is 1. The minimum Gasteiger partial charge on any atom is -0.480 e. The maximum Gasteiger partial charge on any atom is 0.320 e. The van der Waals surface area contributed by atoms with Gasteiger partial charge >= 0.3 is 5.97 Å². The SMILES string of the molecule is CC.CC(=O)C(=O)NCCCCC(N)C(=O)O. The molecule has 0 bridgehead atoms. The minimum atomic E-state index is -1.03. The number of carbonyl (C=O) groups is 3. The summed E-state index contributed by atoms with van der Waals surface area (Å²) in [6, 6.07) is -0.853. The van der Waals surface area contributed by atoms with Crippen LogP contribution in [0.2, 0.25) is 0 Å². The summed E-state index contributed by atoms with van der Waals surface area (Å²) in [5.74, 6) is -2.17. The first-order valence-electron chi connectivity index (χ1n) is 5.72. The monoisotopic (exact) mass is 246 g/mol. The van der Waals surface area contributed by atoms with Crippen LogP contribution in [0, 0.1) is 0 Å². The van der Waals surface area contributed by atoms with Crippen molar-refractivity contribution in [2.75, 3.05) is 6.54 Å². The van der Waals surface area contributed by atoms with Crippen molar-refractivity contribution in [1.82, 2.24) is 5.32 Å². The number of ketones is 1. The highest BCUT2D eigenvalue weighted by molar-refractivity contribution is 6.35. The van der Waals surface area contributed by atoms with Crippen molar-refractivity contribution in [3.8, 4) is 0 Å². The van der Waals surface area contributed by atoms with E-state index in [-0.39, 0.29) is 0 Å². The van der Waals surface area contributed by atoms with Gasteiger partial charge in [0.05, 0.1) is 0 Å². The Labute approximate surface area is 102 Å². The van der Waals surface area contributed by atoms with E-state index in [2.05, 4.69) is 5.32 Å². The van der Waals surface area contributed by atoms with Gasteiger partial charge in [-0.2, -0.15) is 0 Å². The fourth-order valence-electron chi connectivity index (χ4n) is 0.939. The van der Waals surface area contributed by atoms with Crippen molar-refractivity contribution in [2.24, 2.45) is 5.73 Å². The molecule has 100 valence electrons. The van der Waals surface area contributed by atoms with Crippen LogP contribution in [0.15, 0.2) is 0 Å². The van der Waals surface area contributed by atoms with Gasteiger partial charge in [-0.05, 0) is 19.3 Å². The lowest BCUT2D eigenvalue weighted by atomic mass is 10.1. The van der Waals surface area contributed by atoms with Crippen LogP contribution >= 0.6 is 0 Å². The molecule has 0 fully saturated rings. The molecule has 0 saturated carbocycles. The second-order valence-corrected chi connectivity index (χ2v) is 3.25. The van der Waals surface area contributed by atoms with Gasteiger partial charge in [0, 0.05) is 13.5 Å². The van der Waals surface area contributed by atoms with Crippen molar-refractivity contribution in [3.05, 3.63) is 0 Å². The van der Waals surface area contributed by atoms with Crippen LogP contribution in [0.3, 0.4) is 0 Å². The highest BCUT2D eigenvalue weighted by Crippen LogP contribution is 1.98.